The SMILES string of the molecule is Cc1cc2nc([C@H]3CCCCN3C(=O)c3cnn(C)c3)ccn2n1. The first-order chi connectivity index (χ1) is 11.6. The number of likely N-dealkylation sites (tertiary alicyclic amines) is 1. The summed E-state index contributed by atoms with van der Waals surface area (Å²) in [6.07, 6.45) is 8.38. The minimum Gasteiger partial charge on any atom is -0.330 e. The number of carbonyl (C=O) groups is 1. The number of fused-ring (bicyclic) bond motifs is 1. The van der Waals surface area contributed by atoms with E-state index in [0.29, 0.717) is 5.56 Å². The van der Waals surface area contributed by atoms with Gasteiger partial charge in [0.15, 0.2) is 5.65 Å². The van der Waals surface area contributed by atoms with Crippen molar-refractivity contribution in [2.45, 2.75) is 32.2 Å². The number of nitrogens with zero attached hydrogens (tertiary/aromatic N) is 6. The van der Waals surface area contributed by atoms with E-state index in [-0.39, 0.29) is 11.9 Å². The molecule has 4 rings (SSSR count). The molecule has 124 valence electrons. The highest BCUT2D eigenvalue weighted by Crippen LogP contribution is 2.31. The van der Waals surface area contributed by atoms with Gasteiger partial charge in [0.25, 0.3) is 5.91 Å². The molecule has 1 aliphatic heterocycles. The first-order valence-corrected chi connectivity index (χ1v) is 8.24. The molecule has 3 aromatic rings. The molecule has 7 heteroatoms. The Morgan fingerprint density at radius 1 is 1.33 bits per heavy atom. The van der Waals surface area contributed by atoms with E-state index in [9.17, 15) is 4.79 Å². The summed E-state index contributed by atoms with van der Waals surface area (Å²) in [6, 6.07) is 3.94. The van der Waals surface area contributed by atoms with Crippen LogP contribution in [0.2, 0.25) is 0 Å². The highest BCUT2D eigenvalue weighted by Gasteiger charge is 2.30. The molecule has 3 aromatic heterocycles. The topological polar surface area (TPSA) is 68.3 Å². The molecule has 24 heavy (non-hydrogen) atoms. The normalized spacial score (nSPS) is 18.2. The van der Waals surface area contributed by atoms with E-state index in [2.05, 4.69) is 10.2 Å². The minimum atomic E-state index is 0.00617. The second-order valence-electron chi connectivity index (χ2n) is 6.35. The number of piperidine rings is 1. The number of hydrogen-bond acceptors (Lipinski definition) is 4. The van der Waals surface area contributed by atoms with Gasteiger partial charge in [0.05, 0.1) is 29.2 Å². The van der Waals surface area contributed by atoms with Crippen molar-refractivity contribution in [3.05, 3.63) is 47.7 Å². The molecule has 4 heterocycles. The Morgan fingerprint density at radius 3 is 3.00 bits per heavy atom. The zero-order valence-electron chi connectivity index (χ0n) is 13.9. The molecule has 0 aromatic carbocycles. The molecule has 1 fully saturated rings. The highest BCUT2D eigenvalue weighted by molar-refractivity contribution is 5.94. The van der Waals surface area contributed by atoms with Crippen molar-refractivity contribution >= 4 is 11.6 Å². The minimum absolute atomic E-state index is 0.00617. The molecule has 1 aliphatic rings. The number of aromatic nitrogens is 5. The Labute approximate surface area is 139 Å². The molecule has 7 nitrogen and oxygen atoms in total. The van der Waals surface area contributed by atoms with Gasteiger partial charge in [-0.3, -0.25) is 9.48 Å². The van der Waals surface area contributed by atoms with Crippen molar-refractivity contribution in [2.24, 2.45) is 7.05 Å². The molecule has 1 amide bonds. The summed E-state index contributed by atoms with van der Waals surface area (Å²) < 4.78 is 3.43. The molecule has 0 radical (unpaired) electrons. The maximum atomic E-state index is 12.9. The summed E-state index contributed by atoms with van der Waals surface area (Å²) in [5.74, 6) is 0.0270. The predicted molar refractivity (Wildman–Crippen MR) is 88.6 cm³/mol. The maximum absolute atomic E-state index is 12.9. The molecule has 0 aliphatic carbocycles. The van der Waals surface area contributed by atoms with Crippen LogP contribution in [-0.4, -0.2) is 41.7 Å². The van der Waals surface area contributed by atoms with Crippen molar-refractivity contribution in [1.29, 1.82) is 0 Å². The Morgan fingerprint density at radius 2 is 2.21 bits per heavy atom. The highest BCUT2D eigenvalue weighted by atomic mass is 16.2. The molecule has 0 saturated carbocycles. The van der Waals surface area contributed by atoms with Gasteiger partial charge in [-0.25, -0.2) is 9.50 Å². The average molecular weight is 324 g/mol. The third kappa shape index (κ3) is 2.55. The molecule has 0 unspecified atom stereocenters. The van der Waals surface area contributed by atoms with Crippen molar-refractivity contribution in [1.82, 2.24) is 29.3 Å². The summed E-state index contributed by atoms with van der Waals surface area (Å²) in [6.45, 7) is 2.71. The van der Waals surface area contributed by atoms with Gasteiger partial charge in [0.1, 0.15) is 0 Å². The van der Waals surface area contributed by atoms with E-state index in [4.69, 9.17) is 4.98 Å². The van der Waals surface area contributed by atoms with Crippen LogP contribution in [0.3, 0.4) is 0 Å². The second kappa shape index (κ2) is 5.74. The van der Waals surface area contributed by atoms with E-state index < -0.39 is 0 Å². The summed E-state index contributed by atoms with van der Waals surface area (Å²) >= 11 is 0. The van der Waals surface area contributed by atoms with E-state index >= 15 is 0 Å². The smallest absolute Gasteiger partial charge is 0.257 e. The van der Waals surface area contributed by atoms with Gasteiger partial charge in [-0.1, -0.05) is 0 Å². The Bertz CT molecular complexity index is 896. The number of aryl methyl sites for hydroxylation is 2. The van der Waals surface area contributed by atoms with Gasteiger partial charge in [-0.05, 0) is 32.3 Å². The van der Waals surface area contributed by atoms with Gasteiger partial charge < -0.3 is 4.90 Å². The van der Waals surface area contributed by atoms with Crippen molar-refractivity contribution in [3.63, 3.8) is 0 Å². The molecule has 1 atom stereocenters. The van der Waals surface area contributed by atoms with Crippen LogP contribution in [0.4, 0.5) is 0 Å². The van der Waals surface area contributed by atoms with E-state index in [1.165, 1.54) is 0 Å². The fourth-order valence-electron chi connectivity index (χ4n) is 3.38. The van der Waals surface area contributed by atoms with Gasteiger partial charge in [-0.2, -0.15) is 10.2 Å². The lowest BCUT2D eigenvalue weighted by atomic mass is 9.98. The molecular weight excluding hydrogens is 304 g/mol. The molecular formula is C17H20N6O. The van der Waals surface area contributed by atoms with Crippen LogP contribution in [-0.2, 0) is 7.05 Å². The van der Waals surface area contributed by atoms with Gasteiger partial charge in [0.2, 0.25) is 0 Å². The third-order valence-corrected chi connectivity index (χ3v) is 4.53. The van der Waals surface area contributed by atoms with Crippen LogP contribution >= 0.6 is 0 Å². The lowest BCUT2D eigenvalue weighted by Gasteiger charge is -2.35. The summed E-state index contributed by atoms with van der Waals surface area (Å²) in [5, 5.41) is 8.48. The van der Waals surface area contributed by atoms with Crippen LogP contribution < -0.4 is 0 Å². The zero-order valence-corrected chi connectivity index (χ0v) is 13.9. The van der Waals surface area contributed by atoms with Crippen molar-refractivity contribution in [3.8, 4) is 0 Å². The molecule has 0 N–H and O–H groups in total. The van der Waals surface area contributed by atoms with Crippen molar-refractivity contribution in [2.75, 3.05) is 6.54 Å². The lowest BCUT2D eigenvalue weighted by molar-refractivity contribution is 0.0606. The summed E-state index contributed by atoms with van der Waals surface area (Å²) in [4.78, 5) is 19.6. The van der Waals surface area contributed by atoms with Crippen LogP contribution in [0.15, 0.2) is 30.7 Å². The molecule has 1 saturated heterocycles. The van der Waals surface area contributed by atoms with E-state index in [0.717, 1.165) is 42.8 Å². The van der Waals surface area contributed by atoms with E-state index in [1.807, 2.05) is 37.2 Å². The number of rotatable bonds is 2. The van der Waals surface area contributed by atoms with Crippen LogP contribution in [0, 0.1) is 6.92 Å². The average Bonchev–Trinajstić information content (AvgIpc) is 3.18. The monoisotopic (exact) mass is 324 g/mol. The van der Waals surface area contributed by atoms with E-state index in [1.54, 1.807) is 21.6 Å². The second-order valence-corrected chi connectivity index (χ2v) is 6.35. The molecule has 0 bridgehead atoms. The van der Waals surface area contributed by atoms with Crippen LogP contribution in [0.5, 0.6) is 0 Å². The Balaban J connectivity index is 1.68. The maximum Gasteiger partial charge on any atom is 0.257 e. The first-order valence-electron chi connectivity index (χ1n) is 8.24. The fraction of sp³-hybridized carbons (Fsp3) is 0.412. The summed E-state index contributed by atoms with van der Waals surface area (Å²) in [7, 11) is 1.82. The predicted octanol–water partition coefficient (Wildman–Crippen LogP) is 2.14. The zero-order chi connectivity index (χ0) is 16.7. The number of hydrogen-bond donors (Lipinski definition) is 0. The largest absolute Gasteiger partial charge is 0.330 e. The first kappa shape index (κ1) is 14.9. The van der Waals surface area contributed by atoms with Crippen molar-refractivity contribution < 1.29 is 4.79 Å². The number of amides is 1. The molecule has 0 spiro atoms. The Hall–Kier alpha value is -2.70. The summed E-state index contributed by atoms with van der Waals surface area (Å²) in [5.41, 5.74) is 3.32. The Kier molecular flexibility index (Phi) is 3.55. The van der Waals surface area contributed by atoms with Gasteiger partial charge in [0, 0.05) is 32.1 Å². The third-order valence-electron chi connectivity index (χ3n) is 4.53. The number of carbonyl (C=O) groups excluding carboxylic acids is 1. The van der Waals surface area contributed by atoms with Gasteiger partial charge >= 0.3 is 0 Å². The van der Waals surface area contributed by atoms with Gasteiger partial charge in [-0.15, -0.1) is 0 Å². The van der Waals surface area contributed by atoms with Crippen LogP contribution in [0.1, 0.15) is 47.1 Å². The van der Waals surface area contributed by atoms with Crippen LogP contribution in [0.25, 0.3) is 5.65 Å². The quantitative estimate of drug-likeness (QED) is 0.724. The lowest BCUT2D eigenvalue weighted by Crippen LogP contribution is -2.38. The standard InChI is InChI=1S/C17H20N6O/c1-12-9-16-19-14(6-8-23(16)20-12)15-5-3-4-7-22(15)17(24)13-10-18-21(2)11-13/h6,8-11,15H,3-5,7H2,1-2H3/t15-/m1/s1. The fourth-order valence-corrected chi connectivity index (χ4v) is 3.38.